The summed E-state index contributed by atoms with van der Waals surface area (Å²) in [5.74, 6) is -0.492. The van der Waals surface area contributed by atoms with E-state index in [9.17, 15) is 4.39 Å². The molecule has 0 aliphatic carbocycles. The van der Waals surface area contributed by atoms with E-state index >= 15 is 4.39 Å². The van der Waals surface area contributed by atoms with Crippen LogP contribution in [-0.2, 0) is 0 Å². The van der Waals surface area contributed by atoms with Gasteiger partial charge < -0.3 is 15.2 Å². The van der Waals surface area contributed by atoms with Crippen molar-refractivity contribution >= 4 is 27.8 Å². The van der Waals surface area contributed by atoms with Gasteiger partial charge in [0.1, 0.15) is 29.2 Å². The van der Waals surface area contributed by atoms with E-state index in [1.807, 2.05) is 25.1 Å². The predicted molar refractivity (Wildman–Crippen MR) is 142 cm³/mol. The number of benzene rings is 2. The van der Waals surface area contributed by atoms with Crippen molar-refractivity contribution in [1.82, 2.24) is 40.0 Å². The van der Waals surface area contributed by atoms with Crippen molar-refractivity contribution in [2.24, 2.45) is 0 Å². The van der Waals surface area contributed by atoms with Crippen LogP contribution in [0.3, 0.4) is 0 Å². The second kappa shape index (κ2) is 9.60. The van der Waals surface area contributed by atoms with Crippen LogP contribution in [0.5, 0.6) is 0 Å². The van der Waals surface area contributed by atoms with Gasteiger partial charge >= 0.3 is 0 Å². The number of nitrogens with zero attached hydrogens (tertiary/aromatic N) is 6. The third-order valence-corrected chi connectivity index (χ3v) is 6.24. The van der Waals surface area contributed by atoms with Gasteiger partial charge in [0.05, 0.1) is 10.9 Å². The van der Waals surface area contributed by atoms with E-state index in [1.165, 1.54) is 18.5 Å². The molecule has 4 aromatic heterocycles. The van der Waals surface area contributed by atoms with Gasteiger partial charge in [0.25, 0.3) is 0 Å². The minimum atomic E-state index is -0.465. The van der Waals surface area contributed by atoms with Crippen LogP contribution in [-0.4, -0.2) is 67.2 Å². The zero-order valence-corrected chi connectivity index (χ0v) is 20.6. The Kier molecular flexibility index (Phi) is 5.97. The van der Waals surface area contributed by atoms with Crippen molar-refractivity contribution in [2.45, 2.75) is 0 Å². The van der Waals surface area contributed by atoms with Gasteiger partial charge in [0, 0.05) is 54.1 Å². The molecule has 0 spiro atoms. The van der Waals surface area contributed by atoms with Crippen LogP contribution in [0.25, 0.3) is 55.8 Å². The largest absolute Gasteiger partial charge is 0.384 e. The number of nitrogens with one attached hydrogen (secondary N) is 3. The number of imidazole rings is 1. The smallest absolute Gasteiger partial charge is 0.161 e. The summed E-state index contributed by atoms with van der Waals surface area (Å²) in [5, 5.41) is 10.8. The second-order valence-electron chi connectivity index (χ2n) is 9.15. The molecule has 38 heavy (non-hydrogen) atoms. The molecule has 0 amide bonds. The van der Waals surface area contributed by atoms with Gasteiger partial charge in [-0.1, -0.05) is 0 Å². The molecule has 0 aliphatic rings. The number of hydrogen-bond donors (Lipinski definition) is 3. The van der Waals surface area contributed by atoms with Gasteiger partial charge in [-0.3, -0.25) is 5.10 Å². The molecule has 11 heteroatoms. The molecule has 0 atom stereocenters. The molecule has 190 valence electrons. The van der Waals surface area contributed by atoms with E-state index in [2.05, 4.69) is 35.5 Å². The van der Waals surface area contributed by atoms with Gasteiger partial charge in [0.15, 0.2) is 11.5 Å². The predicted octanol–water partition coefficient (Wildman–Crippen LogP) is 4.88. The Morgan fingerprint density at radius 1 is 0.974 bits per heavy atom. The van der Waals surface area contributed by atoms with Crippen LogP contribution in [0.4, 0.5) is 14.5 Å². The highest BCUT2D eigenvalue weighted by molar-refractivity contribution is 5.98. The van der Waals surface area contributed by atoms with Crippen molar-refractivity contribution in [3.63, 3.8) is 0 Å². The van der Waals surface area contributed by atoms with Crippen molar-refractivity contribution < 1.29 is 8.78 Å². The fraction of sp³-hybridized carbons (Fsp3) is 0.148. The van der Waals surface area contributed by atoms with E-state index in [0.29, 0.717) is 62.7 Å². The lowest BCUT2D eigenvalue weighted by Crippen LogP contribution is -2.20. The summed E-state index contributed by atoms with van der Waals surface area (Å²) in [6.07, 6.45) is 6.12. The maximum atomic E-state index is 15.8. The van der Waals surface area contributed by atoms with Crippen LogP contribution in [0.1, 0.15) is 0 Å². The minimum absolute atomic E-state index is 0.282. The minimum Gasteiger partial charge on any atom is -0.384 e. The highest BCUT2D eigenvalue weighted by atomic mass is 19.1. The molecule has 6 rings (SSSR count). The fourth-order valence-electron chi connectivity index (χ4n) is 4.43. The number of anilines is 1. The second-order valence-corrected chi connectivity index (χ2v) is 9.15. The number of likely N-dealkylation sites (N-methyl/N-ethyl adjacent to an activating group) is 1. The molecule has 0 radical (unpaired) electrons. The average molecular weight is 512 g/mol. The van der Waals surface area contributed by atoms with Gasteiger partial charge in [-0.2, -0.15) is 5.10 Å². The molecular formula is C27H23F2N9. The quantitative estimate of drug-likeness (QED) is 0.280. The molecule has 4 heterocycles. The summed E-state index contributed by atoms with van der Waals surface area (Å²) in [6, 6.07) is 9.98. The number of rotatable bonds is 7. The van der Waals surface area contributed by atoms with E-state index < -0.39 is 5.82 Å². The van der Waals surface area contributed by atoms with E-state index in [1.54, 1.807) is 36.8 Å². The summed E-state index contributed by atoms with van der Waals surface area (Å²) >= 11 is 0. The number of aromatic nitrogens is 7. The SMILES string of the molecule is CN(C)CCNc1cc(F)cc(-c2ccnc3[nH]c(-c4n[nH]c5ccc(-c6cncnc6)c(F)c45)nc23)c1. The third-order valence-electron chi connectivity index (χ3n) is 6.24. The van der Waals surface area contributed by atoms with Crippen LogP contribution >= 0.6 is 0 Å². The zero-order valence-electron chi connectivity index (χ0n) is 20.6. The number of fused-ring (bicyclic) bond motifs is 2. The first kappa shape index (κ1) is 23.6. The Labute approximate surface area is 216 Å². The summed E-state index contributed by atoms with van der Waals surface area (Å²) in [5.41, 5.74) is 4.74. The highest BCUT2D eigenvalue weighted by Crippen LogP contribution is 2.35. The Morgan fingerprint density at radius 2 is 1.82 bits per heavy atom. The Balaban J connectivity index is 1.43. The van der Waals surface area contributed by atoms with Crippen LogP contribution in [0, 0.1) is 11.6 Å². The highest BCUT2D eigenvalue weighted by Gasteiger charge is 2.21. The van der Waals surface area contributed by atoms with Crippen molar-refractivity contribution in [1.29, 1.82) is 0 Å². The molecule has 3 N–H and O–H groups in total. The number of pyridine rings is 1. The van der Waals surface area contributed by atoms with Crippen molar-refractivity contribution in [2.75, 3.05) is 32.5 Å². The summed E-state index contributed by atoms with van der Waals surface area (Å²) in [4.78, 5) is 22.3. The van der Waals surface area contributed by atoms with Gasteiger partial charge in [0.2, 0.25) is 0 Å². The van der Waals surface area contributed by atoms with Crippen molar-refractivity contribution in [3.05, 3.63) is 73.0 Å². The lowest BCUT2D eigenvalue weighted by atomic mass is 10.0. The topological polar surface area (TPSA) is 111 Å². The molecule has 0 unspecified atom stereocenters. The molecule has 0 aliphatic heterocycles. The normalized spacial score (nSPS) is 11.6. The molecule has 9 nitrogen and oxygen atoms in total. The van der Waals surface area contributed by atoms with E-state index in [4.69, 9.17) is 4.98 Å². The number of halogens is 2. The Bertz CT molecular complexity index is 1760. The zero-order chi connectivity index (χ0) is 26.2. The first-order chi connectivity index (χ1) is 18.5. The first-order valence-electron chi connectivity index (χ1n) is 11.9. The van der Waals surface area contributed by atoms with Gasteiger partial charge in [-0.15, -0.1) is 0 Å². The maximum absolute atomic E-state index is 15.8. The van der Waals surface area contributed by atoms with Gasteiger partial charge in [-0.05, 0) is 56.1 Å². The third kappa shape index (κ3) is 4.33. The lowest BCUT2D eigenvalue weighted by Gasteiger charge is -2.12. The summed E-state index contributed by atoms with van der Waals surface area (Å²) in [7, 11) is 3.96. The molecule has 0 bridgehead atoms. The summed E-state index contributed by atoms with van der Waals surface area (Å²) < 4.78 is 30.3. The molecular weight excluding hydrogens is 488 g/mol. The Hall–Kier alpha value is -4.77. The Morgan fingerprint density at radius 3 is 2.63 bits per heavy atom. The van der Waals surface area contributed by atoms with E-state index in [0.717, 1.165) is 6.54 Å². The van der Waals surface area contributed by atoms with Crippen LogP contribution in [0.2, 0.25) is 0 Å². The fourth-order valence-corrected chi connectivity index (χ4v) is 4.43. The molecule has 0 fully saturated rings. The van der Waals surface area contributed by atoms with Crippen molar-refractivity contribution in [3.8, 4) is 33.8 Å². The molecule has 2 aromatic carbocycles. The van der Waals surface area contributed by atoms with Gasteiger partial charge in [-0.25, -0.2) is 28.7 Å². The van der Waals surface area contributed by atoms with Crippen LogP contribution in [0.15, 0.2) is 61.3 Å². The monoisotopic (exact) mass is 511 g/mol. The number of aromatic amines is 2. The average Bonchev–Trinajstić information content (AvgIpc) is 3.53. The maximum Gasteiger partial charge on any atom is 0.161 e. The molecule has 0 saturated heterocycles. The number of H-pyrrole nitrogens is 2. The molecule has 6 aromatic rings. The van der Waals surface area contributed by atoms with E-state index in [-0.39, 0.29) is 11.2 Å². The standard InChI is InChI=1S/C27H23F2N9/c1-38(2)8-7-32-18-10-15(9-17(28)11-18)20-5-6-33-26-24(20)34-27(35-26)25-22-21(36-37-25)4-3-19(23(22)29)16-12-30-14-31-13-16/h3-6,9-14,32H,7-8H2,1-2H3,(H,36,37)(H,33,34,35). The lowest BCUT2D eigenvalue weighted by molar-refractivity contribution is 0.425. The molecule has 0 saturated carbocycles. The van der Waals surface area contributed by atoms with Crippen LogP contribution < -0.4 is 5.32 Å². The first-order valence-corrected chi connectivity index (χ1v) is 11.9. The number of hydrogen-bond acceptors (Lipinski definition) is 7. The summed E-state index contributed by atoms with van der Waals surface area (Å²) in [6.45, 7) is 1.48.